The molecule has 11 heteroatoms. The third-order valence-corrected chi connectivity index (χ3v) is 4.08. The first kappa shape index (κ1) is 13.5. The normalized spacial score (nSPS) is 15.0. The highest BCUT2D eigenvalue weighted by molar-refractivity contribution is 7.92. The van der Waals surface area contributed by atoms with Crippen molar-refractivity contribution in [3.63, 3.8) is 0 Å². The number of sulfonamides is 1. The Bertz CT molecular complexity index is 775. The maximum atomic E-state index is 12.1. The van der Waals surface area contributed by atoms with Crippen LogP contribution in [0.2, 0.25) is 0 Å². The molecule has 0 atom stereocenters. The molecule has 0 aromatic carbocycles. The van der Waals surface area contributed by atoms with E-state index in [1.54, 1.807) is 0 Å². The van der Waals surface area contributed by atoms with Gasteiger partial charge in [-0.3, -0.25) is 9.48 Å². The summed E-state index contributed by atoms with van der Waals surface area (Å²) in [4.78, 5) is 10.3. The third-order valence-electron chi connectivity index (χ3n) is 2.81. The molecule has 2 heterocycles. The Labute approximate surface area is 118 Å². The molecule has 1 aliphatic rings. The molecule has 10 nitrogen and oxygen atoms in total. The standard InChI is InChI=1S/C10H11N5O5S/c16-8(17)5-15-4-7(3-11-15)21(18,19)14-10-13-12-9(20-10)6-1-2-6/h3-4,6H,1-2,5H2,(H,13,14)(H,16,17). The molecule has 3 rings (SSSR count). The molecule has 2 aromatic rings. The van der Waals surface area contributed by atoms with Crippen LogP contribution in [0.5, 0.6) is 0 Å². The molecule has 0 bridgehead atoms. The number of carboxylic acid groups (broad SMARTS) is 1. The highest BCUT2D eigenvalue weighted by atomic mass is 32.2. The van der Waals surface area contributed by atoms with Crippen LogP contribution in [0.1, 0.15) is 24.7 Å². The van der Waals surface area contributed by atoms with Gasteiger partial charge in [0.1, 0.15) is 11.4 Å². The van der Waals surface area contributed by atoms with Gasteiger partial charge in [0.05, 0.1) is 6.20 Å². The lowest BCUT2D eigenvalue weighted by molar-refractivity contribution is -0.137. The van der Waals surface area contributed by atoms with E-state index >= 15 is 0 Å². The van der Waals surface area contributed by atoms with Crippen LogP contribution in [0.4, 0.5) is 6.01 Å². The van der Waals surface area contributed by atoms with Crippen LogP contribution < -0.4 is 4.72 Å². The SMILES string of the molecule is O=C(O)Cn1cc(S(=O)(=O)Nc2nnc(C3CC3)o2)cn1. The summed E-state index contributed by atoms with van der Waals surface area (Å²) in [5, 5.41) is 19.6. The molecule has 1 aliphatic carbocycles. The summed E-state index contributed by atoms with van der Waals surface area (Å²) in [6, 6.07) is -0.220. The Morgan fingerprint density at radius 2 is 2.24 bits per heavy atom. The summed E-state index contributed by atoms with van der Waals surface area (Å²) >= 11 is 0. The minimum absolute atomic E-state index is 0.185. The van der Waals surface area contributed by atoms with Gasteiger partial charge in [0, 0.05) is 12.1 Å². The molecular weight excluding hydrogens is 302 g/mol. The topological polar surface area (TPSA) is 140 Å². The van der Waals surface area contributed by atoms with Crippen LogP contribution in [0.3, 0.4) is 0 Å². The van der Waals surface area contributed by atoms with E-state index in [1.807, 2.05) is 0 Å². The van der Waals surface area contributed by atoms with Crippen molar-refractivity contribution in [2.75, 3.05) is 4.72 Å². The molecule has 0 unspecified atom stereocenters. The first-order chi connectivity index (χ1) is 9.94. The lowest BCUT2D eigenvalue weighted by atomic mass is 10.4. The molecule has 1 fully saturated rings. The minimum atomic E-state index is -3.94. The number of hydrogen-bond acceptors (Lipinski definition) is 7. The fraction of sp³-hybridized carbons (Fsp3) is 0.400. The Kier molecular flexibility index (Phi) is 3.12. The smallest absolute Gasteiger partial charge is 0.329 e. The number of aromatic nitrogens is 4. The summed E-state index contributed by atoms with van der Waals surface area (Å²) < 4.78 is 32.4. The van der Waals surface area contributed by atoms with Crippen LogP contribution in [0.15, 0.2) is 21.7 Å². The van der Waals surface area contributed by atoms with Crippen molar-refractivity contribution < 1.29 is 22.7 Å². The number of nitrogens with one attached hydrogen (secondary N) is 1. The first-order valence-corrected chi connectivity index (χ1v) is 7.53. The van der Waals surface area contributed by atoms with Crippen molar-refractivity contribution >= 4 is 22.0 Å². The Balaban J connectivity index is 1.75. The second kappa shape index (κ2) is 4.84. The van der Waals surface area contributed by atoms with Crippen molar-refractivity contribution in [2.45, 2.75) is 30.2 Å². The number of hydrogen-bond donors (Lipinski definition) is 2. The van der Waals surface area contributed by atoms with E-state index in [0.717, 1.165) is 29.9 Å². The Morgan fingerprint density at radius 1 is 1.48 bits per heavy atom. The monoisotopic (exact) mass is 313 g/mol. The van der Waals surface area contributed by atoms with Gasteiger partial charge in [-0.05, 0) is 12.8 Å². The molecule has 1 saturated carbocycles. The van der Waals surface area contributed by atoms with Gasteiger partial charge in [-0.2, -0.15) is 5.10 Å². The molecule has 21 heavy (non-hydrogen) atoms. The fourth-order valence-corrected chi connectivity index (χ4v) is 2.53. The predicted octanol–water partition coefficient (Wildman–Crippen LogP) is 0.0289. The molecule has 0 radical (unpaired) electrons. The third kappa shape index (κ3) is 3.02. The number of carboxylic acids is 1. The van der Waals surface area contributed by atoms with Crippen LogP contribution in [-0.2, 0) is 21.4 Å². The van der Waals surface area contributed by atoms with Gasteiger partial charge >= 0.3 is 12.0 Å². The zero-order valence-electron chi connectivity index (χ0n) is 10.6. The van der Waals surface area contributed by atoms with E-state index < -0.39 is 22.5 Å². The molecule has 0 aliphatic heterocycles. The highest BCUT2D eigenvalue weighted by Gasteiger charge is 2.30. The van der Waals surface area contributed by atoms with E-state index in [1.165, 1.54) is 0 Å². The molecule has 0 amide bonds. The van der Waals surface area contributed by atoms with E-state index in [2.05, 4.69) is 20.0 Å². The van der Waals surface area contributed by atoms with Crippen molar-refractivity contribution in [2.24, 2.45) is 0 Å². The lowest BCUT2D eigenvalue weighted by Crippen LogP contribution is -2.13. The minimum Gasteiger partial charge on any atom is -0.480 e. The van der Waals surface area contributed by atoms with E-state index in [-0.39, 0.29) is 16.8 Å². The van der Waals surface area contributed by atoms with Crippen molar-refractivity contribution in [1.82, 2.24) is 20.0 Å². The summed E-state index contributed by atoms with van der Waals surface area (Å²) in [7, 11) is -3.94. The van der Waals surface area contributed by atoms with Crippen molar-refractivity contribution in [1.29, 1.82) is 0 Å². The average molecular weight is 313 g/mol. The Hall–Kier alpha value is -2.43. The number of carbonyl (C=O) groups is 1. The van der Waals surface area contributed by atoms with Crippen LogP contribution >= 0.6 is 0 Å². The Morgan fingerprint density at radius 3 is 2.90 bits per heavy atom. The lowest BCUT2D eigenvalue weighted by Gasteiger charge is -2.00. The molecule has 2 aromatic heterocycles. The van der Waals surface area contributed by atoms with Crippen LogP contribution in [0, 0.1) is 0 Å². The van der Waals surface area contributed by atoms with E-state index in [9.17, 15) is 13.2 Å². The van der Waals surface area contributed by atoms with Crippen molar-refractivity contribution in [3.05, 3.63) is 18.3 Å². The molecule has 2 N–H and O–H groups in total. The van der Waals surface area contributed by atoms with Gasteiger partial charge in [-0.1, -0.05) is 5.10 Å². The first-order valence-electron chi connectivity index (χ1n) is 6.04. The van der Waals surface area contributed by atoms with Crippen LogP contribution in [-0.4, -0.2) is 39.5 Å². The van der Waals surface area contributed by atoms with Gasteiger partial charge in [-0.25, -0.2) is 13.1 Å². The van der Waals surface area contributed by atoms with Gasteiger partial charge in [0.15, 0.2) is 0 Å². The number of nitrogens with zero attached hydrogens (tertiary/aromatic N) is 4. The summed E-state index contributed by atoms with van der Waals surface area (Å²) in [5.41, 5.74) is 0. The fourth-order valence-electron chi connectivity index (χ4n) is 1.65. The molecule has 0 spiro atoms. The summed E-state index contributed by atoms with van der Waals surface area (Å²) in [6.07, 6.45) is 4.06. The molecule has 112 valence electrons. The quantitative estimate of drug-likeness (QED) is 0.761. The van der Waals surface area contributed by atoms with E-state index in [4.69, 9.17) is 9.52 Å². The zero-order chi connectivity index (χ0) is 15.0. The van der Waals surface area contributed by atoms with Crippen molar-refractivity contribution in [3.8, 4) is 0 Å². The number of rotatable bonds is 6. The number of anilines is 1. The second-order valence-electron chi connectivity index (χ2n) is 4.59. The molecular formula is C10H11N5O5S. The van der Waals surface area contributed by atoms with Gasteiger partial charge in [0.25, 0.3) is 10.0 Å². The maximum absolute atomic E-state index is 12.1. The molecule has 0 saturated heterocycles. The average Bonchev–Trinajstić information content (AvgIpc) is 2.95. The van der Waals surface area contributed by atoms with Gasteiger partial charge in [-0.15, -0.1) is 5.10 Å². The zero-order valence-corrected chi connectivity index (χ0v) is 11.4. The predicted molar refractivity (Wildman–Crippen MR) is 66.9 cm³/mol. The summed E-state index contributed by atoms with van der Waals surface area (Å²) in [5.74, 6) is -0.496. The second-order valence-corrected chi connectivity index (χ2v) is 6.27. The van der Waals surface area contributed by atoms with Crippen LogP contribution in [0.25, 0.3) is 0 Å². The largest absolute Gasteiger partial charge is 0.480 e. The van der Waals surface area contributed by atoms with Gasteiger partial charge < -0.3 is 9.52 Å². The van der Waals surface area contributed by atoms with E-state index in [0.29, 0.717) is 5.89 Å². The van der Waals surface area contributed by atoms with Gasteiger partial charge in [0.2, 0.25) is 5.89 Å². The maximum Gasteiger partial charge on any atom is 0.329 e. The summed E-state index contributed by atoms with van der Waals surface area (Å²) in [6.45, 7) is -0.429. The number of aliphatic carboxylic acids is 1. The highest BCUT2D eigenvalue weighted by Crippen LogP contribution is 2.39.